The van der Waals surface area contributed by atoms with Gasteiger partial charge in [-0.05, 0) is 36.0 Å². The third-order valence-corrected chi connectivity index (χ3v) is 5.55. The van der Waals surface area contributed by atoms with E-state index in [0.29, 0.717) is 17.4 Å². The smallest absolute Gasteiger partial charge is 0.405 e. The molecule has 2 aliphatic rings. The van der Waals surface area contributed by atoms with E-state index < -0.39 is 18.8 Å². The molecule has 0 spiro atoms. The lowest BCUT2D eigenvalue weighted by molar-refractivity contribution is -0.123. The second kappa shape index (κ2) is 7.86. The van der Waals surface area contributed by atoms with Crippen molar-refractivity contribution in [2.24, 2.45) is 11.8 Å². The number of alkyl halides is 3. The van der Waals surface area contributed by atoms with Gasteiger partial charge < -0.3 is 19.7 Å². The zero-order valence-electron chi connectivity index (χ0n) is 15.5. The maximum atomic E-state index is 12.6. The number of amides is 2. The van der Waals surface area contributed by atoms with E-state index in [2.05, 4.69) is 13.8 Å². The summed E-state index contributed by atoms with van der Waals surface area (Å²) in [6.45, 7) is 3.23. The largest absolute Gasteiger partial charge is 0.454 e. The van der Waals surface area contributed by atoms with Crippen LogP contribution in [-0.2, 0) is 6.54 Å². The number of hydrogen-bond donors (Lipinski definition) is 1. The molecule has 1 aromatic rings. The number of nitrogens with one attached hydrogen (secondary N) is 1. The third kappa shape index (κ3) is 4.78. The van der Waals surface area contributed by atoms with Crippen molar-refractivity contribution in [2.45, 2.75) is 51.9 Å². The molecular weight excluding hydrogens is 361 g/mol. The molecule has 1 aromatic carbocycles. The van der Waals surface area contributed by atoms with E-state index in [1.807, 2.05) is 11.4 Å². The summed E-state index contributed by atoms with van der Waals surface area (Å²) in [4.78, 5) is 14.2. The zero-order valence-corrected chi connectivity index (χ0v) is 15.5. The molecule has 27 heavy (non-hydrogen) atoms. The normalized spacial score (nSPS) is 24.6. The Hall–Kier alpha value is -2.12. The van der Waals surface area contributed by atoms with Gasteiger partial charge in [0.1, 0.15) is 6.54 Å². The molecule has 1 fully saturated rings. The molecule has 3 rings (SSSR count). The number of ether oxygens (including phenoxy) is 2. The first-order valence-corrected chi connectivity index (χ1v) is 9.24. The van der Waals surface area contributed by atoms with Crippen LogP contribution in [0.1, 0.15) is 38.7 Å². The summed E-state index contributed by atoms with van der Waals surface area (Å²) in [5.41, 5.74) is 0.798. The molecule has 1 N–H and O–H groups in total. The van der Waals surface area contributed by atoms with Gasteiger partial charge in [-0.25, -0.2) is 4.79 Å². The van der Waals surface area contributed by atoms with Crippen molar-refractivity contribution >= 4 is 6.03 Å². The van der Waals surface area contributed by atoms with E-state index in [4.69, 9.17) is 9.47 Å². The van der Waals surface area contributed by atoms with E-state index in [0.717, 1.165) is 24.8 Å². The number of fused-ring (bicyclic) bond motifs is 1. The number of urea groups is 1. The highest BCUT2D eigenvalue weighted by molar-refractivity contribution is 5.74. The average Bonchev–Trinajstić information content (AvgIpc) is 3.07. The van der Waals surface area contributed by atoms with Crippen LogP contribution in [0.25, 0.3) is 0 Å². The number of halogens is 3. The highest BCUT2D eigenvalue weighted by Gasteiger charge is 2.36. The molecule has 3 atom stereocenters. The third-order valence-electron chi connectivity index (χ3n) is 5.55. The first-order chi connectivity index (χ1) is 12.7. The van der Waals surface area contributed by atoms with Crippen molar-refractivity contribution < 1.29 is 27.4 Å². The van der Waals surface area contributed by atoms with Gasteiger partial charge in [-0.2, -0.15) is 13.2 Å². The highest BCUT2D eigenvalue weighted by Crippen LogP contribution is 2.36. The van der Waals surface area contributed by atoms with Gasteiger partial charge in [0, 0.05) is 12.6 Å². The van der Waals surface area contributed by atoms with E-state index in [-0.39, 0.29) is 25.3 Å². The fourth-order valence-electron chi connectivity index (χ4n) is 3.85. The Balaban J connectivity index is 1.79. The number of rotatable bonds is 4. The van der Waals surface area contributed by atoms with Crippen molar-refractivity contribution in [3.05, 3.63) is 23.8 Å². The maximum Gasteiger partial charge on any atom is 0.405 e. The minimum atomic E-state index is -4.44. The van der Waals surface area contributed by atoms with Crippen molar-refractivity contribution in [3.8, 4) is 11.5 Å². The van der Waals surface area contributed by atoms with Crippen molar-refractivity contribution in [3.63, 3.8) is 0 Å². The summed E-state index contributed by atoms with van der Waals surface area (Å²) in [6, 6.07) is 4.57. The lowest BCUT2D eigenvalue weighted by Gasteiger charge is -2.41. The van der Waals surface area contributed by atoms with Gasteiger partial charge in [-0.3, -0.25) is 0 Å². The summed E-state index contributed by atoms with van der Waals surface area (Å²) in [7, 11) is 0. The second-order valence-corrected chi connectivity index (χ2v) is 7.42. The molecule has 1 saturated carbocycles. The van der Waals surface area contributed by atoms with Crippen LogP contribution >= 0.6 is 0 Å². The molecule has 1 aliphatic carbocycles. The lowest BCUT2D eigenvalue weighted by atomic mass is 9.77. The monoisotopic (exact) mass is 386 g/mol. The molecule has 2 amide bonds. The Morgan fingerprint density at radius 3 is 2.70 bits per heavy atom. The Bertz CT molecular complexity index is 681. The van der Waals surface area contributed by atoms with E-state index in [1.165, 1.54) is 0 Å². The second-order valence-electron chi connectivity index (χ2n) is 7.42. The van der Waals surface area contributed by atoms with Gasteiger partial charge in [0.25, 0.3) is 0 Å². The van der Waals surface area contributed by atoms with Gasteiger partial charge in [0.05, 0.1) is 0 Å². The van der Waals surface area contributed by atoms with Crippen LogP contribution in [-0.4, -0.2) is 36.5 Å². The topological polar surface area (TPSA) is 50.8 Å². The van der Waals surface area contributed by atoms with Gasteiger partial charge in [0.2, 0.25) is 6.79 Å². The SMILES string of the molecule is C[C@@H]1[C@H](C)CCC[C@H]1N(Cc1ccc2c(c1)OCO2)C(=O)NCC(F)(F)F. The van der Waals surface area contributed by atoms with Crippen LogP contribution in [0.15, 0.2) is 18.2 Å². The molecule has 150 valence electrons. The molecule has 0 aromatic heterocycles. The standard InChI is InChI=1S/C19H25F3N2O3/c1-12-4-3-5-15(13(12)2)24(18(25)23-10-19(20,21)22)9-14-6-7-16-17(8-14)27-11-26-16/h6-8,12-13,15H,3-5,9-11H2,1-2H3,(H,23,25)/t12-,13-,15-/m1/s1. The summed E-state index contributed by atoms with van der Waals surface area (Å²) >= 11 is 0. The van der Waals surface area contributed by atoms with Crippen molar-refractivity contribution in [1.82, 2.24) is 10.2 Å². The Morgan fingerprint density at radius 2 is 1.96 bits per heavy atom. The molecule has 1 heterocycles. The van der Waals surface area contributed by atoms with Gasteiger partial charge >= 0.3 is 12.2 Å². The highest BCUT2D eigenvalue weighted by atomic mass is 19.4. The van der Waals surface area contributed by atoms with Crippen LogP contribution in [0.5, 0.6) is 11.5 Å². The Kier molecular flexibility index (Phi) is 5.72. The van der Waals surface area contributed by atoms with Gasteiger partial charge in [-0.1, -0.05) is 32.8 Å². The van der Waals surface area contributed by atoms with Crippen LogP contribution < -0.4 is 14.8 Å². The minimum Gasteiger partial charge on any atom is -0.454 e. The first-order valence-electron chi connectivity index (χ1n) is 9.24. The molecule has 1 aliphatic heterocycles. The lowest BCUT2D eigenvalue weighted by Crippen LogP contribution is -2.52. The van der Waals surface area contributed by atoms with Crippen molar-refractivity contribution in [2.75, 3.05) is 13.3 Å². The zero-order chi connectivity index (χ0) is 19.6. The fourth-order valence-corrected chi connectivity index (χ4v) is 3.85. The number of nitrogens with zero attached hydrogens (tertiary/aromatic N) is 1. The molecular formula is C19H25F3N2O3. The quantitative estimate of drug-likeness (QED) is 0.839. The number of carbonyl (C=O) groups is 1. The molecule has 0 saturated heterocycles. The summed E-state index contributed by atoms with van der Waals surface area (Å²) in [6.07, 6.45) is -1.62. The van der Waals surface area contributed by atoms with Gasteiger partial charge in [-0.15, -0.1) is 0 Å². The average molecular weight is 386 g/mol. The van der Waals surface area contributed by atoms with Crippen LogP contribution in [0.4, 0.5) is 18.0 Å². The van der Waals surface area contributed by atoms with Crippen LogP contribution in [0.2, 0.25) is 0 Å². The summed E-state index contributed by atoms with van der Waals surface area (Å²) in [5, 5.41) is 2.03. The van der Waals surface area contributed by atoms with E-state index in [1.54, 1.807) is 17.0 Å². The molecule has 5 nitrogen and oxygen atoms in total. The van der Waals surface area contributed by atoms with E-state index >= 15 is 0 Å². The van der Waals surface area contributed by atoms with Crippen molar-refractivity contribution in [1.29, 1.82) is 0 Å². The molecule has 0 radical (unpaired) electrons. The number of hydrogen-bond acceptors (Lipinski definition) is 3. The first kappa shape index (κ1) is 19.6. The van der Waals surface area contributed by atoms with Crippen LogP contribution in [0, 0.1) is 11.8 Å². The summed E-state index contributed by atoms with van der Waals surface area (Å²) < 4.78 is 48.4. The predicted octanol–water partition coefficient (Wildman–Crippen LogP) is 4.31. The van der Waals surface area contributed by atoms with E-state index in [9.17, 15) is 18.0 Å². The fraction of sp³-hybridized carbons (Fsp3) is 0.632. The predicted molar refractivity (Wildman–Crippen MR) is 93.5 cm³/mol. The summed E-state index contributed by atoms with van der Waals surface area (Å²) in [5.74, 6) is 1.85. The molecule has 0 bridgehead atoms. The van der Waals surface area contributed by atoms with Crippen LogP contribution in [0.3, 0.4) is 0 Å². The maximum absolute atomic E-state index is 12.6. The molecule has 8 heteroatoms. The molecule has 0 unspecified atom stereocenters. The minimum absolute atomic E-state index is 0.104. The Morgan fingerprint density at radius 1 is 1.22 bits per heavy atom. The number of benzene rings is 1. The van der Waals surface area contributed by atoms with Gasteiger partial charge in [0.15, 0.2) is 11.5 Å². The Labute approximate surface area is 156 Å². The number of carbonyl (C=O) groups excluding carboxylic acids is 1.